The Labute approximate surface area is 180 Å². The Morgan fingerprint density at radius 2 is 1.87 bits per heavy atom. The Hall–Kier alpha value is -2.74. The molecule has 1 unspecified atom stereocenters. The van der Waals surface area contributed by atoms with Crippen LogP contribution in [0.2, 0.25) is 0 Å². The number of carbonyl (C=O) groups is 2. The maximum absolute atomic E-state index is 13.3. The van der Waals surface area contributed by atoms with Crippen molar-refractivity contribution in [2.75, 3.05) is 32.8 Å². The molecule has 2 fully saturated rings. The third-order valence-electron chi connectivity index (χ3n) is 5.61. The van der Waals surface area contributed by atoms with Gasteiger partial charge in [-0.25, -0.2) is 0 Å². The van der Waals surface area contributed by atoms with E-state index in [9.17, 15) is 9.59 Å². The SMILES string of the molecule is COc1cc(N2CC(C(=O)N(Cc3cccs3)C3CC3)CC2=O)cc(OC)c1OC. The minimum absolute atomic E-state index is 0.0641. The van der Waals surface area contributed by atoms with Gasteiger partial charge < -0.3 is 24.0 Å². The topological polar surface area (TPSA) is 68.3 Å². The predicted molar refractivity (Wildman–Crippen MR) is 114 cm³/mol. The molecule has 2 heterocycles. The van der Waals surface area contributed by atoms with Crippen molar-refractivity contribution in [1.29, 1.82) is 0 Å². The Balaban J connectivity index is 1.54. The van der Waals surface area contributed by atoms with Gasteiger partial charge in [0.1, 0.15) is 0 Å². The molecule has 2 amide bonds. The quantitative estimate of drug-likeness (QED) is 0.643. The number of thiophene rings is 1. The van der Waals surface area contributed by atoms with Crippen molar-refractivity contribution >= 4 is 28.8 Å². The predicted octanol–water partition coefficient (Wildman–Crippen LogP) is 3.32. The molecule has 0 radical (unpaired) electrons. The third-order valence-corrected chi connectivity index (χ3v) is 6.47. The molecule has 4 rings (SSSR count). The van der Waals surface area contributed by atoms with E-state index >= 15 is 0 Å². The molecule has 0 N–H and O–H groups in total. The molecule has 7 nitrogen and oxygen atoms in total. The zero-order valence-electron chi connectivity index (χ0n) is 17.4. The molecular weight excluding hydrogens is 404 g/mol. The lowest BCUT2D eigenvalue weighted by molar-refractivity contribution is -0.137. The molecule has 1 saturated carbocycles. The zero-order valence-corrected chi connectivity index (χ0v) is 18.2. The number of ether oxygens (including phenoxy) is 3. The van der Waals surface area contributed by atoms with Crippen LogP contribution in [-0.4, -0.2) is 50.6 Å². The van der Waals surface area contributed by atoms with Crippen LogP contribution in [0, 0.1) is 5.92 Å². The van der Waals surface area contributed by atoms with Gasteiger partial charge in [-0.3, -0.25) is 9.59 Å². The van der Waals surface area contributed by atoms with Crippen molar-refractivity contribution in [1.82, 2.24) is 4.90 Å². The van der Waals surface area contributed by atoms with Crippen LogP contribution in [0.25, 0.3) is 0 Å². The van der Waals surface area contributed by atoms with Gasteiger partial charge in [0.05, 0.1) is 39.5 Å². The van der Waals surface area contributed by atoms with Gasteiger partial charge >= 0.3 is 0 Å². The summed E-state index contributed by atoms with van der Waals surface area (Å²) in [6.45, 7) is 0.972. The number of amides is 2. The van der Waals surface area contributed by atoms with E-state index in [-0.39, 0.29) is 24.2 Å². The van der Waals surface area contributed by atoms with Crippen molar-refractivity contribution in [3.8, 4) is 17.2 Å². The van der Waals surface area contributed by atoms with Crippen molar-refractivity contribution in [2.24, 2.45) is 5.92 Å². The van der Waals surface area contributed by atoms with E-state index in [2.05, 4.69) is 6.07 Å². The highest BCUT2D eigenvalue weighted by Gasteiger charge is 2.41. The highest BCUT2D eigenvalue weighted by Crippen LogP contribution is 2.42. The van der Waals surface area contributed by atoms with Crippen LogP contribution in [0.15, 0.2) is 29.6 Å². The van der Waals surface area contributed by atoms with Gasteiger partial charge in [-0.15, -0.1) is 11.3 Å². The maximum atomic E-state index is 13.3. The summed E-state index contributed by atoms with van der Waals surface area (Å²) >= 11 is 1.66. The number of carbonyl (C=O) groups excluding carboxylic acids is 2. The van der Waals surface area contributed by atoms with Gasteiger partial charge in [-0.05, 0) is 24.3 Å². The first-order valence-electron chi connectivity index (χ1n) is 9.99. The van der Waals surface area contributed by atoms with Crippen LogP contribution in [0.1, 0.15) is 24.1 Å². The van der Waals surface area contributed by atoms with Gasteiger partial charge in [0, 0.05) is 36.0 Å². The van der Waals surface area contributed by atoms with Crippen molar-refractivity contribution in [2.45, 2.75) is 31.8 Å². The normalized spacial score (nSPS) is 18.4. The molecule has 1 aromatic heterocycles. The van der Waals surface area contributed by atoms with Crippen molar-refractivity contribution in [3.63, 3.8) is 0 Å². The van der Waals surface area contributed by atoms with Gasteiger partial charge in [0.2, 0.25) is 17.6 Å². The fraction of sp³-hybridized carbons (Fsp3) is 0.455. The van der Waals surface area contributed by atoms with Gasteiger partial charge in [0.25, 0.3) is 0 Å². The smallest absolute Gasteiger partial charge is 0.228 e. The van der Waals surface area contributed by atoms with Crippen LogP contribution >= 0.6 is 11.3 Å². The molecule has 0 spiro atoms. The number of hydrogen-bond donors (Lipinski definition) is 0. The minimum atomic E-state index is -0.350. The zero-order chi connectivity index (χ0) is 21.3. The lowest BCUT2D eigenvalue weighted by Gasteiger charge is -2.25. The van der Waals surface area contributed by atoms with E-state index in [1.54, 1.807) is 28.4 Å². The third kappa shape index (κ3) is 3.96. The highest BCUT2D eigenvalue weighted by molar-refractivity contribution is 7.09. The highest BCUT2D eigenvalue weighted by atomic mass is 32.1. The fourth-order valence-electron chi connectivity index (χ4n) is 3.92. The summed E-state index contributed by atoms with van der Waals surface area (Å²) in [7, 11) is 4.62. The lowest BCUT2D eigenvalue weighted by atomic mass is 10.1. The first-order chi connectivity index (χ1) is 14.5. The average molecular weight is 431 g/mol. The van der Waals surface area contributed by atoms with Crippen LogP contribution < -0.4 is 19.1 Å². The van der Waals surface area contributed by atoms with E-state index in [1.807, 2.05) is 16.3 Å². The van der Waals surface area contributed by atoms with Crippen molar-refractivity contribution < 1.29 is 23.8 Å². The molecule has 1 aliphatic heterocycles. The van der Waals surface area contributed by atoms with E-state index in [1.165, 1.54) is 26.2 Å². The molecular formula is C22H26N2O5S. The number of anilines is 1. The second-order valence-corrected chi connectivity index (χ2v) is 8.60. The molecule has 0 bridgehead atoms. The Kier molecular flexibility index (Phi) is 5.85. The maximum Gasteiger partial charge on any atom is 0.228 e. The van der Waals surface area contributed by atoms with E-state index in [0.717, 1.165) is 12.8 Å². The number of hydrogen-bond acceptors (Lipinski definition) is 6. The van der Waals surface area contributed by atoms with E-state index in [0.29, 0.717) is 42.1 Å². The number of rotatable bonds is 8. The second-order valence-electron chi connectivity index (χ2n) is 7.57. The molecule has 30 heavy (non-hydrogen) atoms. The summed E-state index contributed by atoms with van der Waals surface area (Å²) in [4.78, 5) is 30.9. The molecule has 1 aliphatic carbocycles. The van der Waals surface area contributed by atoms with E-state index in [4.69, 9.17) is 14.2 Å². The number of benzene rings is 1. The number of methoxy groups -OCH3 is 3. The minimum Gasteiger partial charge on any atom is -0.493 e. The summed E-state index contributed by atoms with van der Waals surface area (Å²) in [6.07, 6.45) is 2.28. The van der Waals surface area contributed by atoms with Gasteiger partial charge in [-0.1, -0.05) is 6.07 Å². The summed E-state index contributed by atoms with van der Waals surface area (Å²) in [6, 6.07) is 7.84. The Bertz CT molecular complexity index is 901. The molecule has 2 aromatic rings. The average Bonchev–Trinajstić information content (AvgIpc) is 3.32. The Morgan fingerprint density at radius 1 is 1.17 bits per heavy atom. The van der Waals surface area contributed by atoms with Crippen LogP contribution in [0.3, 0.4) is 0 Å². The molecule has 160 valence electrons. The lowest BCUT2D eigenvalue weighted by Crippen LogP contribution is -2.38. The summed E-state index contributed by atoms with van der Waals surface area (Å²) in [5, 5.41) is 2.02. The van der Waals surface area contributed by atoms with Crippen LogP contribution in [0.4, 0.5) is 5.69 Å². The molecule has 1 atom stereocenters. The Morgan fingerprint density at radius 3 is 2.40 bits per heavy atom. The van der Waals surface area contributed by atoms with E-state index < -0.39 is 0 Å². The van der Waals surface area contributed by atoms with Crippen molar-refractivity contribution in [3.05, 3.63) is 34.5 Å². The van der Waals surface area contributed by atoms with Crippen LogP contribution in [0.5, 0.6) is 17.2 Å². The monoisotopic (exact) mass is 430 g/mol. The molecule has 2 aliphatic rings. The molecule has 8 heteroatoms. The molecule has 1 saturated heterocycles. The standard InChI is InChI=1S/C22H26N2O5S/c1-27-18-10-16(11-19(28-2)21(18)29-3)23-12-14(9-20(23)25)22(26)24(15-6-7-15)13-17-5-4-8-30-17/h4-5,8,10-11,14-15H,6-7,9,12-13H2,1-3H3. The largest absolute Gasteiger partial charge is 0.493 e. The summed E-state index contributed by atoms with van der Waals surface area (Å²) in [5.74, 6) is 1.07. The first-order valence-corrected chi connectivity index (χ1v) is 10.9. The van der Waals surface area contributed by atoms with Crippen LogP contribution in [-0.2, 0) is 16.1 Å². The fourth-order valence-corrected chi connectivity index (χ4v) is 4.63. The van der Waals surface area contributed by atoms with Gasteiger partial charge in [-0.2, -0.15) is 0 Å². The summed E-state index contributed by atoms with van der Waals surface area (Å²) < 4.78 is 16.2. The number of nitrogens with zero attached hydrogens (tertiary/aromatic N) is 2. The second kappa shape index (κ2) is 8.55. The molecule has 1 aromatic carbocycles. The summed E-state index contributed by atoms with van der Waals surface area (Å²) in [5.41, 5.74) is 0.640. The first kappa shape index (κ1) is 20.5. The van der Waals surface area contributed by atoms with Gasteiger partial charge in [0.15, 0.2) is 11.5 Å².